The van der Waals surface area contributed by atoms with Crippen LogP contribution in [-0.2, 0) is 9.47 Å². The van der Waals surface area contributed by atoms with Crippen LogP contribution >= 0.6 is 0 Å². The van der Waals surface area contributed by atoms with Crippen LogP contribution in [0.4, 0.5) is 0 Å². The van der Waals surface area contributed by atoms with Gasteiger partial charge in [0.2, 0.25) is 0 Å². The summed E-state index contributed by atoms with van der Waals surface area (Å²) in [6, 6.07) is 0. The van der Waals surface area contributed by atoms with Gasteiger partial charge in [0.15, 0.2) is 6.29 Å². The van der Waals surface area contributed by atoms with Crippen LogP contribution in [0.5, 0.6) is 0 Å². The highest BCUT2D eigenvalue weighted by Crippen LogP contribution is 2.46. The molecule has 27 heavy (non-hydrogen) atoms. The molecule has 2 heteroatoms. The molecule has 3 rings (SSSR count). The lowest BCUT2D eigenvalue weighted by atomic mass is 9.66. The first kappa shape index (κ1) is 20.8. The van der Waals surface area contributed by atoms with Crippen LogP contribution < -0.4 is 0 Å². The van der Waals surface area contributed by atoms with E-state index in [1.807, 2.05) is 6.92 Å². The third-order valence-electron chi connectivity index (χ3n) is 7.07. The monoisotopic (exact) mass is 370 g/mol. The van der Waals surface area contributed by atoms with E-state index in [1.165, 1.54) is 57.8 Å². The predicted octanol–water partition coefficient (Wildman–Crippen LogP) is 5.81. The van der Waals surface area contributed by atoms with Gasteiger partial charge in [-0.1, -0.05) is 51.4 Å². The standard InChI is InChI=1S/C25H38O2/c1-4-5-6-13-25(17-24-26-18-21(3)19-27-24)14-11-23(12-15-25)16-22-9-7-20(2)8-10-22/h20-24H,7-12,14-19H2,1-3H3. The van der Waals surface area contributed by atoms with Crippen LogP contribution in [0.3, 0.4) is 0 Å². The zero-order chi connectivity index (χ0) is 19.1. The third-order valence-corrected chi connectivity index (χ3v) is 7.07. The maximum absolute atomic E-state index is 5.96. The van der Waals surface area contributed by atoms with Crippen molar-refractivity contribution in [2.75, 3.05) is 13.2 Å². The quantitative estimate of drug-likeness (QED) is 0.582. The number of ether oxygens (including phenoxy) is 2. The smallest absolute Gasteiger partial charge is 0.159 e. The molecule has 2 saturated carbocycles. The molecule has 0 amide bonds. The topological polar surface area (TPSA) is 18.5 Å². The van der Waals surface area contributed by atoms with E-state index in [4.69, 9.17) is 9.47 Å². The summed E-state index contributed by atoms with van der Waals surface area (Å²) in [7, 11) is 0. The minimum absolute atomic E-state index is 0.0344. The summed E-state index contributed by atoms with van der Waals surface area (Å²) in [6.45, 7) is 8.08. The lowest BCUT2D eigenvalue weighted by Crippen LogP contribution is -2.37. The predicted molar refractivity (Wildman–Crippen MR) is 111 cm³/mol. The lowest BCUT2D eigenvalue weighted by Gasteiger charge is -2.41. The van der Waals surface area contributed by atoms with Gasteiger partial charge in [0.1, 0.15) is 0 Å². The van der Waals surface area contributed by atoms with Crippen LogP contribution in [0.15, 0.2) is 0 Å². The van der Waals surface area contributed by atoms with Crippen LogP contribution in [0, 0.1) is 52.8 Å². The van der Waals surface area contributed by atoms with E-state index < -0.39 is 0 Å². The van der Waals surface area contributed by atoms with Crippen LogP contribution in [0.25, 0.3) is 0 Å². The van der Waals surface area contributed by atoms with Crippen molar-refractivity contribution in [2.45, 2.75) is 91.3 Å². The van der Waals surface area contributed by atoms with E-state index >= 15 is 0 Å². The first-order valence-corrected chi connectivity index (χ1v) is 11.3. The molecule has 0 spiro atoms. The van der Waals surface area contributed by atoms with E-state index in [9.17, 15) is 0 Å². The molecule has 1 aliphatic heterocycles. The lowest BCUT2D eigenvalue weighted by molar-refractivity contribution is -0.210. The molecule has 0 radical (unpaired) electrons. The number of rotatable bonds is 4. The van der Waals surface area contributed by atoms with Crippen molar-refractivity contribution in [2.24, 2.45) is 29.1 Å². The fourth-order valence-electron chi connectivity index (χ4n) is 5.18. The molecule has 150 valence electrons. The molecule has 0 bridgehead atoms. The zero-order valence-electron chi connectivity index (χ0n) is 17.7. The second-order valence-corrected chi connectivity index (χ2v) is 9.62. The van der Waals surface area contributed by atoms with Crippen LogP contribution in [0.1, 0.15) is 85.0 Å². The maximum Gasteiger partial charge on any atom is 0.159 e. The van der Waals surface area contributed by atoms with E-state index in [-0.39, 0.29) is 11.7 Å². The highest BCUT2D eigenvalue weighted by molar-refractivity contribution is 5.28. The van der Waals surface area contributed by atoms with Gasteiger partial charge < -0.3 is 9.47 Å². The minimum atomic E-state index is -0.0820. The van der Waals surface area contributed by atoms with Gasteiger partial charge in [-0.25, -0.2) is 0 Å². The first-order valence-electron chi connectivity index (χ1n) is 11.3. The van der Waals surface area contributed by atoms with Gasteiger partial charge in [0, 0.05) is 17.8 Å². The van der Waals surface area contributed by atoms with E-state index in [0.29, 0.717) is 5.92 Å². The van der Waals surface area contributed by atoms with Gasteiger partial charge in [-0.05, 0) is 68.6 Å². The molecule has 0 unspecified atom stereocenters. The average molecular weight is 371 g/mol. The SMILES string of the molecule is CC#CC#CC1(CC2OCC(C)CO2)CCC(CC2CCC(C)CC2)CC1. The molecule has 0 N–H and O–H groups in total. The Hall–Kier alpha value is -0.960. The van der Waals surface area contributed by atoms with Crippen molar-refractivity contribution in [1.82, 2.24) is 0 Å². The van der Waals surface area contributed by atoms with Gasteiger partial charge in [0.25, 0.3) is 0 Å². The number of hydrogen-bond donors (Lipinski definition) is 0. The van der Waals surface area contributed by atoms with Crippen molar-refractivity contribution < 1.29 is 9.47 Å². The Bertz CT molecular complexity index is 563. The summed E-state index contributed by atoms with van der Waals surface area (Å²) < 4.78 is 11.9. The van der Waals surface area contributed by atoms with Gasteiger partial charge in [0.05, 0.1) is 13.2 Å². The Morgan fingerprint density at radius 2 is 1.44 bits per heavy atom. The maximum atomic E-state index is 5.96. The summed E-state index contributed by atoms with van der Waals surface area (Å²) >= 11 is 0. The Kier molecular flexibility index (Phi) is 7.69. The summed E-state index contributed by atoms with van der Waals surface area (Å²) in [4.78, 5) is 0. The minimum Gasteiger partial charge on any atom is -0.352 e. The van der Waals surface area contributed by atoms with E-state index in [0.717, 1.165) is 37.4 Å². The molecule has 3 fully saturated rings. The van der Waals surface area contributed by atoms with Crippen LogP contribution in [0.2, 0.25) is 0 Å². The highest BCUT2D eigenvalue weighted by Gasteiger charge is 2.38. The molecule has 0 aromatic carbocycles. The van der Waals surface area contributed by atoms with Crippen LogP contribution in [-0.4, -0.2) is 19.5 Å². The summed E-state index contributed by atoms with van der Waals surface area (Å²) in [6.07, 6.45) is 13.0. The fraction of sp³-hybridized carbons (Fsp3) is 0.840. The van der Waals surface area contributed by atoms with Crippen molar-refractivity contribution >= 4 is 0 Å². The second kappa shape index (κ2) is 10.0. The highest BCUT2D eigenvalue weighted by atomic mass is 16.7. The van der Waals surface area contributed by atoms with Gasteiger partial charge in [-0.3, -0.25) is 0 Å². The third kappa shape index (κ3) is 6.27. The Labute approximate surface area is 167 Å². The van der Waals surface area contributed by atoms with E-state index in [1.54, 1.807) is 0 Å². The van der Waals surface area contributed by atoms with Crippen molar-refractivity contribution in [3.63, 3.8) is 0 Å². The average Bonchev–Trinajstić information content (AvgIpc) is 2.68. The van der Waals surface area contributed by atoms with E-state index in [2.05, 4.69) is 37.5 Å². The second-order valence-electron chi connectivity index (χ2n) is 9.62. The normalized spacial score (nSPS) is 39.6. The van der Waals surface area contributed by atoms with Crippen molar-refractivity contribution in [3.8, 4) is 23.7 Å². The van der Waals surface area contributed by atoms with Gasteiger partial charge in [-0.2, -0.15) is 0 Å². The van der Waals surface area contributed by atoms with Gasteiger partial charge in [-0.15, -0.1) is 0 Å². The zero-order valence-corrected chi connectivity index (χ0v) is 17.7. The molecule has 3 aliphatic rings. The molecule has 2 nitrogen and oxygen atoms in total. The molecular formula is C25H38O2. The summed E-state index contributed by atoms with van der Waals surface area (Å²) in [5, 5.41) is 0. The fourth-order valence-corrected chi connectivity index (χ4v) is 5.18. The molecule has 1 saturated heterocycles. The summed E-state index contributed by atoms with van der Waals surface area (Å²) in [5.74, 6) is 15.9. The van der Waals surface area contributed by atoms with Gasteiger partial charge >= 0.3 is 0 Å². The Morgan fingerprint density at radius 1 is 0.815 bits per heavy atom. The summed E-state index contributed by atoms with van der Waals surface area (Å²) in [5.41, 5.74) is 0.0344. The van der Waals surface area contributed by atoms with Crippen molar-refractivity contribution in [1.29, 1.82) is 0 Å². The van der Waals surface area contributed by atoms with Crippen molar-refractivity contribution in [3.05, 3.63) is 0 Å². The molecule has 0 aromatic heterocycles. The molecule has 0 atom stereocenters. The Balaban J connectivity index is 1.55. The molecule has 2 aliphatic carbocycles. The number of hydrogen-bond acceptors (Lipinski definition) is 2. The largest absolute Gasteiger partial charge is 0.352 e. The molecule has 1 heterocycles. The molecule has 0 aromatic rings. The Morgan fingerprint density at radius 3 is 2.07 bits per heavy atom. The molecular weight excluding hydrogens is 332 g/mol. The first-order chi connectivity index (χ1) is 13.1.